The van der Waals surface area contributed by atoms with Crippen molar-refractivity contribution in [3.8, 4) is 0 Å². The number of hydrogen-bond donors (Lipinski definition) is 7. The van der Waals surface area contributed by atoms with E-state index >= 15 is 0 Å². The van der Waals surface area contributed by atoms with Crippen LogP contribution in [0, 0.1) is 5.92 Å². The van der Waals surface area contributed by atoms with Gasteiger partial charge in [0.25, 0.3) is 0 Å². The summed E-state index contributed by atoms with van der Waals surface area (Å²) in [5.41, 5.74) is 12.6. The molecule has 1 aliphatic rings. The van der Waals surface area contributed by atoms with Crippen LogP contribution in [0.2, 0.25) is 0 Å². The fourth-order valence-electron chi connectivity index (χ4n) is 6.07. The average Bonchev–Trinajstić information content (AvgIpc) is 3.08. The van der Waals surface area contributed by atoms with Crippen LogP contribution < -0.4 is 32.7 Å². The number of carbonyl (C=O) groups is 4. The average molecular weight is 680 g/mol. The molecule has 1 aliphatic heterocycles. The van der Waals surface area contributed by atoms with Crippen LogP contribution in [0.4, 0.5) is 0 Å². The molecule has 12 heteroatoms. The number of benzene rings is 2. The van der Waals surface area contributed by atoms with E-state index in [1.54, 1.807) is 0 Å². The minimum atomic E-state index is -1.23. The highest BCUT2D eigenvalue weighted by atomic mass is 16.4. The Bertz CT molecular complexity index is 1300. The zero-order valence-corrected chi connectivity index (χ0v) is 29.2. The summed E-state index contributed by atoms with van der Waals surface area (Å²) in [4.78, 5) is 54.4. The van der Waals surface area contributed by atoms with E-state index in [-0.39, 0.29) is 36.7 Å². The number of nitrogens with zero attached hydrogens (tertiary/aromatic N) is 1. The summed E-state index contributed by atoms with van der Waals surface area (Å²) in [7, 11) is 0. The molecule has 3 rings (SSSR count). The second-order valence-electron chi connectivity index (χ2n) is 13.7. The van der Waals surface area contributed by atoms with Crippen LogP contribution in [0.1, 0.15) is 63.5 Å². The van der Waals surface area contributed by atoms with Crippen molar-refractivity contribution in [1.29, 1.82) is 0 Å². The van der Waals surface area contributed by atoms with Crippen LogP contribution in [0.15, 0.2) is 60.7 Å². The Balaban J connectivity index is 1.66. The Morgan fingerprint density at radius 1 is 0.857 bits per heavy atom. The molecule has 0 aromatic heterocycles. The van der Waals surface area contributed by atoms with Crippen LogP contribution in [-0.2, 0) is 32.0 Å². The molecular weight excluding hydrogens is 622 g/mol. The molecule has 2 aromatic rings. The van der Waals surface area contributed by atoms with Gasteiger partial charge in [0, 0.05) is 32.1 Å². The third kappa shape index (κ3) is 14.3. The first-order valence-electron chi connectivity index (χ1n) is 17.6. The fraction of sp³-hybridized carbons (Fsp3) is 0.568. The number of likely N-dealkylation sites (tertiary alicyclic amines) is 1. The summed E-state index contributed by atoms with van der Waals surface area (Å²) in [6, 6.07) is 17.5. The molecular formula is C37H57N7O5. The van der Waals surface area contributed by atoms with Crippen LogP contribution in [0.5, 0.6) is 0 Å². The number of carbonyl (C=O) groups excluding carboxylic acids is 3. The summed E-state index contributed by atoms with van der Waals surface area (Å²) in [5.74, 6) is -1.90. The zero-order valence-electron chi connectivity index (χ0n) is 29.2. The third-order valence-electron chi connectivity index (χ3n) is 9.00. The molecule has 0 spiro atoms. The lowest BCUT2D eigenvalue weighted by Gasteiger charge is -2.38. The fourth-order valence-corrected chi connectivity index (χ4v) is 6.07. The van der Waals surface area contributed by atoms with Gasteiger partial charge in [0.1, 0.15) is 17.6 Å². The van der Waals surface area contributed by atoms with E-state index in [4.69, 9.17) is 11.5 Å². The first kappa shape index (κ1) is 39.6. The van der Waals surface area contributed by atoms with Gasteiger partial charge in [-0.2, -0.15) is 0 Å². The molecule has 0 unspecified atom stereocenters. The van der Waals surface area contributed by atoms with Crippen molar-refractivity contribution in [1.82, 2.24) is 26.2 Å². The van der Waals surface area contributed by atoms with Gasteiger partial charge in [-0.25, -0.2) is 0 Å². The van der Waals surface area contributed by atoms with Crippen LogP contribution in [0.25, 0.3) is 0 Å². The van der Waals surface area contributed by atoms with Gasteiger partial charge in [-0.3, -0.25) is 19.2 Å². The summed E-state index contributed by atoms with van der Waals surface area (Å²) < 4.78 is 0. The highest BCUT2D eigenvalue weighted by Gasteiger charge is 2.38. The molecule has 2 aromatic carbocycles. The number of aliphatic carboxylic acids is 1. The number of rotatable bonds is 21. The van der Waals surface area contributed by atoms with Crippen molar-refractivity contribution in [2.45, 2.75) is 88.9 Å². The van der Waals surface area contributed by atoms with Crippen LogP contribution in [-0.4, -0.2) is 96.6 Å². The van der Waals surface area contributed by atoms with Crippen molar-refractivity contribution in [3.05, 3.63) is 71.8 Å². The van der Waals surface area contributed by atoms with Gasteiger partial charge < -0.3 is 42.7 Å². The minimum absolute atomic E-state index is 0.0556. The van der Waals surface area contributed by atoms with Crippen LogP contribution >= 0.6 is 0 Å². The molecule has 0 bridgehead atoms. The van der Waals surface area contributed by atoms with E-state index < -0.39 is 29.5 Å². The second-order valence-corrected chi connectivity index (χ2v) is 13.7. The van der Waals surface area contributed by atoms with Gasteiger partial charge in [0.2, 0.25) is 17.7 Å². The lowest BCUT2D eigenvalue weighted by Crippen LogP contribution is -2.59. The number of carboxylic acids is 1. The van der Waals surface area contributed by atoms with Crippen molar-refractivity contribution in [3.63, 3.8) is 0 Å². The molecule has 12 nitrogen and oxygen atoms in total. The van der Waals surface area contributed by atoms with E-state index in [2.05, 4.69) is 26.2 Å². The normalized spacial score (nSPS) is 16.3. The number of amides is 3. The molecule has 1 saturated heterocycles. The van der Waals surface area contributed by atoms with Crippen molar-refractivity contribution in [2.75, 3.05) is 39.3 Å². The number of nitrogens with two attached hydrogens (primary N) is 2. The van der Waals surface area contributed by atoms with E-state index in [1.807, 2.05) is 74.5 Å². The SMILES string of the molecule is CC(C)C[C@@H](NC(=O)[C@@H](Cc1ccccc1)NC(=O)CNCCc1ccccc1)C(=O)N[C@H](CCCCN)CN1CCC(N)(C(=O)O)CC1. The Morgan fingerprint density at radius 3 is 2.06 bits per heavy atom. The zero-order chi connectivity index (χ0) is 35.6. The predicted molar refractivity (Wildman–Crippen MR) is 192 cm³/mol. The van der Waals surface area contributed by atoms with Gasteiger partial charge in [-0.1, -0.05) is 80.9 Å². The van der Waals surface area contributed by atoms with E-state index in [0.29, 0.717) is 58.4 Å². The van der Waals surface area contributed by atoms with Gasteiger partial charge in [0.05, 0.1) is 6.54 Å². The van der Waals surface area contributed by atoms with Crippen LogP contribution in [0.3, 0.4) is 0 Å². The molecule has 3 amide bonds. The maximum Gasteiger partial charge on any atom is 0.323 e. The smallest absolute Gasteiger partial charge is 0.323 e. The lowest BCUT2D eigenvalue weighted by atomic mass is 9.88. The van der Waals surface area contributed by atoms with Gasteiger partial charge >= 0.3 is 5.97 Å². The first-order chi connectivity index (χ1) is 23.5. The van der Waals surface area contributed by atoms with Gasteiger partial charge in [-0.15, -0.1) is 0 Å². The first-order valence-corrected chi connectivity index (χ1v) is 17.6. The summed E-state index contributed by atoms with van der Waals surface area (Å²) in [5, 5.41) is 21.7. The summed E-state index contributed by atoms with van der Waals surface area (Å²) >= 11 is 0. The summed E-state index contributed by atoms with van der Waals surface area (Å²) in [6.07, 6.45) is 4.44. The van der Waals surface area contributed by atoms with E-state index in [9.17, 15) is 24.3 Å². The highest BCUT2D eigenvalue weighted by Crippen LogP contribution is 2.21. The molecule has 1 fully saturated rings. The summed E-state index contributed by atoms with van der Waals surface area (Å²) in [6.45, 7) is 6.76. The standard InChI is InChI=1S/C37H57N7O5/c1-27(2)23-31(34(46)41-30(15-9-10-19-38)26-44-21-17-37(39,18-22-44)36(48)49)43-35(47)32(24-29-13-7-4-8-14-29)42-33(45)25-40-20-16-28-11-5-3-6-12-28/h3-8,11-14,27,30-32,40H,9-10,15-26,38-39H2,1-2H3,(H,41,46)(H,42,45)(H,43,47)(H,48,49)/t30-,31-,32-/m1/s1. The Morgan fingerprint density at radius 2 is 1.47 bits per heavy atom. The molecule has 49 heavy (non-hydrogen) atoms. The molecule has 1 heterocycles. The minimum Gasteiger partial charge on any atom is -0.480 e. The van der Waals surface area contributed by atoms with E-state index in [1.165, 1.54) is 5.56 Å². The Hall–Kier alpha value is -3.84. The number of unbranched alkanes of at least 4 members (excludes halogenated alkanes) is 1. The lowest BCUT2D eigenvalue weighted by molar-refractivity contribution is -0.145. The number of hydrogen-bond acceptors (Lipinski definition) is 8. The maximum absolute atomic E-state index is 13.8. The molecule has 0 aliphatic carbocycles. The van der Waals surface area contributed by atoms with Crippen molar-refractivity contribution in [2.24, 2.45) is 17.4 Å². The monoisotopic (exact) mass is 679 g/mol. The number of nitrogens with one attached hydrogen (secondary N) is 4. The Kier molecular flexibility index (Phi) is 16.7. The van der Waals surface area contributed by atoms with Crippen molar-refractivity contribution >= 4 is 23.7 Å². The second kappa shape index (κ2) is 20.6. The third-order valence-corrected chi connectivity index (χ3v) is 9.00. The van der Waals surface area contributed by atoms with Gasteiger partial charge in [-0.05, 0) is 68.7 Å². The molecule has 0 saturated carbocycles. The topological polar surface area (TPSA) is 192 Å². The number of piperidine rings is 1. The largest absolute Gasteiger partial charge is 0.480 e. The molecule has 9 N–H and O–H groups in total. The Labute approximate surface area is 291 Å². The molecule has 0 radical (unpaired) electrons. The highest BCUT2D eigenvalue weighted by molar-refractivity contribution is 5.92. The quantitative estimate of drug-likeness (QED) is 0.0960. The van der Waals surface area contributed by atoms with Crippen molar-refractivity contribution < 1.29 is 24.3 Å². The van der Waals surface area contributed by atoms with E-state index in [0.717, 1.165) is 24.8 Å². The molecule has 3 atom stereocenters. The maximum atomic E-state index is 13.8. The predicted octanol–water partition coefficient (Wildman–Crippen LogP) is 1.57. The molecule has 270 valence electrons. The number of carboxylic acid groups (broad SMARTS) is 1. The van der Waals surface area contributed by atoms with Gasteiger partial charge in [0.15, 0.2) is 0 Å².